The number of nitrogens with one attached hydrogen (secondary N) is 2. The molecule has 4 nitrogen and oxygen atoms in total. The third kappa shape index (κ3) is 5.67. The standard InChI is InChI=1S/C16H23BrN2O2/c1-12(21-15-5-3-2-4-14(15)17)10-19-16(20)7-6-13-8-9-18-11-13/h2-5,12-13,18H,6-11H2,1H3,(H,19,20). The Kier molecular flexibility index (Phi) is 6.51. The van der Waals surface area contributed by atoms with Crippen molar-refractivity contribution in [1.82, 2.24) is 10.6 Å². The summed E-state index contributed by atoms with van der Waals surface area (Å²) in [6, 6.07) is 7.73. The molecule has 0 spiro atoms. The van der Waals surface area contributed by atoms with Gasteiger partial charge in [-0.25, -0.2) is 0 Å². The number of hydrogen-bond acceptors (Lipinski definition) is 3. The molecule has 0 aromatic heterocycles. The molecule has 1 aliphatic rings. The molecule has 0 aliphatic carbocycles. The average Bonchev–Trinajstić information content (AvgIpc) is 2.99. The quantitative estimate of drug-likeness (QED) is 0.791. The Morgan fingerprint density at radius 2 is 2.33 bits per heavy atom. The van der Waals surface area contributed by atoms with Crippen LogP contribution < -0.4 is 15.4 Å². The number of ether oxygens (including phenoxy) is 1. The Bertz CT molecular complexity index is 461. The van der Waals surface area contributed by atoms with Crippen LogP contribution in [-0.4, -0.2) is 31.6 Å². The highest BCUT2D eigenvalue weighted by molar-refractivity contribution is 9.10. The highest BCUT2D eigenvalue weighted by Crippen LogP contribution is 2.24. The van der Waals surface area contributed by atoms with Gasteiger partial charge in [0.2, 0.25) is 5.91 Å². The molecule has 5 heteroatoms. The molecule has 116 valence electrons. The van der Waals surface area contributed by atoms with E-state index in [4.69, 9.17) is 4.74 Å². The van der Waals surface area contributed by atoms with Gasteiger partial charge in [-0.15, -0.1) is 0 Å². The SMILES string of the molecule is CC(CNC(=O)CCC1CCNC1)Oc1ccccc1Br. The second kappa shape index (κ2) is 8.39. The smallest absolute Gasteiger partial charge is 0.220 e. The third-order valence-corrected chi connectivity index (χ3v) is 4.35. The maximum atomic E-state index is 11.8. The molecule has 0 saturated carbocycles. The van der Waals surface area contributed by atoms with Gasteiger partial charge in [-0.1, -0.05) is 12.1 Å². The van der Waals surface area contributed by atoms with E-state index in [9.17, 15) is 4.79 Å². The van der Waals surface area contributed by atoms with Crippen LogP contribution in [0.5, 0.6) is 5.75 Å². The van der Waals surface area contributed by atoms with Gasteiger partial charge >= 0.3 is 0 Å². The number of carbonyl (C=O) groups is 1. The summed E-state index contributed by atoms with van der Waals surface area (Å²) >= 11 is 3.45. The van der Waals surface area contributed by atoms with Gasteiger partial charge in [0.25, 0.3) is 0 Å². The highest BCUT2D eigenvalue weighted by atomic mass is 79.9. The number of halogens is 1. The van der Waals surface area contributed by atoms with E-state index in [0.29, 0.717) is 18.9 Å². The number of amides is 1. The Balaban J connectivity index is 1.65. The number of carbonyl (C=O) groups excluding carboxylic acids is 1. The summed E-state index contributed by atoms with van der Waals surface area (Å²) < 4.78 is 6.73. The zero-order chi connectivity index (χ0) is 15.1. The van der Waals surface area contributed by atoms with Gasteiger partial charge in [0, 0.05) is 6.42 Å². The van der Waals surface area contributed by atoms with Crippen molar-refractivity contribution in [2.45, 2.75) is 32.3 Å². The van der Waals surface area contributed by atoms with Crippen LogP contribution in [0, 0.1) is 5.92 Å². The summed E-state index contributed by atoms with van der Waals surface area (Å²) in [5.41, 5.74) is 0. The minimum absolute atomic E-state index is 0.0548. The number of hydrogen-bond donors (Lipinski definition) is 2. The largest absolute Gasteiger partial charge is 0.488 e. The first-order valence-electron chi connectivity index (χ1n) is 7.53. The van der Waals surface area contributed by atoms with Crippen molar-refractivity contribution >= 4 is 21.8 Å². The fraction of sp³-hybridized carbons (Fsp3) is 0.562. The van der Waals surface area contributed by atoms with Crippen molar-refractivity contribution in [3.63, 3.8) is 0 Å². The van der Waals surface area contributed by atoms with Crippen LogP contribution in [0.4, 0.5) is 0 Å². The van der Waals surface area contributed by atoms with E-state index < -0.39 is 0 Å². The van der Waals surface area contributed by atoms with Crippen LogP contribution in [0.1, 0.15) is 26.2 Å². The summed E-state index contributed by atoms with van der Waals surface area (Å²) in [7, 11) is 0. The molecule has 1 fully saturated rings. The second-order valence-corrected chi connectivity index (χ2v) is 6.41. The molecule has 1 saturated heterocycles. The Labute approximate surface area is 134 Å². The van der Waals surface area contributed by atoms with E-state index in [1.165, 1.54) is 6.42 Å². The minimum Gasteiger partial charge on any atom is -0.488 e. The van der Waals surface area contributed by atoms with Gasteiger partial charge in [0.1, 0.15) is 11.9 Å². The second-order valence-electron chi connectivity index (χ2n) is 5.56. The molecule has 21 heavy (non-hydrogen) atoms. The van der Waals surface area contributed by atoms with Crippen molar-refractivity contribution in [3.05, 3.63) is 28.7 Å². The van der Waals surface area contributed by atoms with Crippen molar-refractivity contribution < 1.29 is 9.53 Å². The van der Waals surface area contributed by atoms with Crippen LogP contribution >= 0.6 is 15.9 Å². The number of rotatable bonds is 7. The van der Waals surface area contributed by atoms with Crippen LogP contribution in [-0.2, 0) is 4.79 Å². The van der Waals surface area contributed by atoms with Crippen LogP contribution in [0.15, 0.2) is 28.7 Å². The summed E-state index contributed by atoms with van der Waals surface area (Å²) in [5.74, 6) is 1.57. The van der Waals surface area contributed by atoms with Gasteiger partial charge in [0.05, 0.1) is 11.0 Å². The Morgan fingerprint density at radius 3 is 3.05 bits per heavy atom. The minimum atomic E-state index is -0.0548. The van der Waals surface area contributed by atoms with Crippen molar-refractivity contribution in [3.8, 4) is 5.75 Å². The fourth-order valence-corrected chi connectivity index (χ4v) is 2.82. The number of para-hydroxylation sites is 1. The molecule has 2 unspecified atom stereocenters. The Hall–Kier alpha value is -1.07. The average molecular weight is 355 g/mol. The number of benzene rings is 1. The first kappa shape index (κ1) is 16.3. The molecular formula is C16H23BrN2O2. The lowest BCUT2D eigenvalue weighted by Crippen LogP contribution is -2.33. The molecule has 1 aromatic rings. The molecule has 1 amide bonds. The monoisotopic (exact) mass is 354 g/mol. The molecule has 0 bridgehead atoms. The van der Waals surface area contributed by atoms with Gasteiger partial charge in [-0.05, 0) is 66.8 Å². The molecule has 2 rings (SSSR count). The summed E-state index contributed by atoms with van der Waals surface area (Å²) in [4.78, 5) is 11.8. The highest BCUT2D eigenvalue weighted by Gasteiger charge is 2.16. The molecule has 1 aromatic carbocycles. The van der Waals surface area contributed by atoms with Gasteiger partial charge < -0.3 is 15.4 Å². The van der Waals surface area contributed by atoms with Gasteiger partial charge in [-0.2, -0.15) is 0 Å². The van der Waals surface area contributed by atoms with Gasteiger partial charge in [0.15, 0.2) is 0 Å². The van der Waals surface area contributed by atoms with E-state index >= 15 is 0 Å². The fourth-order valence-electron chi connectivity index (χ4n) is 2.44. The van der Waals surface area contributed by atoms with Crippen molar-refractivity contribution in [1.29, 1.82) is 0 Å². The molecule has 2 atom stereocenters. The first-order valence-corrected chi connectivity index (χ1v) is 8.33. The first-order chi connectivity index (χ1) is 10.1. The van der Waals surface area contributed by atoms with Crippen LogP contribution in [0.3, 0.4) is 0 Å². The van der Waals surface area contributed by atoms with Gasteiger partial charge in [-0.3, -0.25) is 4.79 Å². The summed E-state index contributed by atoms with van der Waals surface area (Å²) in [6.07, 6.45) is 2.71. The predicted octanol–water partition coefficient (Wildman–Crippen LogP) is 2.72. The molecule has 1 aliphatic heterocycles. The van der Waals surface area contributed by atoms with Crippen LogP contribution in [0.25, 0.3) is 0 Å². The summed E-state index contributed by atoms with van der Waals surface area (Å²) in [5, 5.41) is 6.27. The molecule has 0 radical (unpaired) electrons. The van der Waals surface area contributed by atoms with E-state index in [-0.39, 0.29) is 12.0 Å². The van der Waals surface area contributed by atoms with E-state index in [0.717, 1.165) is 29.7 Å². The summed E-state index contributed by atoms with van der Waals surface area (Å²) in [6.45, 7) is 4.63. The lowest BCUT2D eigenvalue weighted by Gasteiger charge is -2.16. The molecule has 2 N–H and O–H groups in total. The maximum absolute atomic E-state index is 11.8. The lowest BCUT2D eigenvalue weighted by molar-refractivity contribution is -0.121. The van der Waals surface area contributed by atoms with E-state index in [1.54, 1.807) is 0 Å². The normalized spacial score (nSPS) is 19.2. The van der Waals surface area contributed by atoms with E-state index in [2.05, 4.69) is 26.6 Å². The zero-order valence-electron chi connectivity index (χ0n) is 12.4. The lowest BCUT2D eigenvalue weighted by atomic mass is 10.0. The van der Waals surface area contributed by atoms with Crippen LogP contribution in [0.2, 0.25) is 0 Å². The maximum Gasteiger partial charge on any atom is 0.220 e. The zero-order valence-corrected chi connectivity index (χ0v) is 14.0. The van der Waals surface area contributed by atoms with Crippen molar-refractivity contribution in [2.75, 3.05) is 19.6 Å². The van der Waals surface area contributed by atoms with Crippen molar-refractivity contribution in [2.24, 2.45) is 5.92 Å². The topological polar surface area (TPSA) is 50.4 Å². The Morgan fingerprint density at radius 1 is 1.52 bits per heavy atom. The third-order valence-electron chi connectivity index (χ3n) is 3.69. The predicted molar refractivity (Wildman–Crippen MR) is 87.5 cm³/mol. The molecular weight excluding hydrogens is 332 g/mol. The molecule has 1 heterocycles. The van der Waals surface area contributed by atoms with E-state index in [1.807, 2.05) is 31.2 Å².